The minimum Gasteiger partial charge on any atom is -0.387 e. The molecule has 0 aliphatic carbocycles. The molecule has 38 heavy (non-hydrogen) atoms. The Kier molecular flexibility index (Phi) is 24.8. The number of amides is 1. The molecule has 0 heterocycles. The van der Waals surface area contributed by atoms with E-state index >= 15 is 0 Å². The van der Waals surface area contributed by atoms with Crippen molar-refractivity contribution in [3.05, 3.63) is 36.5 Å². The highest BCUT2D eigenvalue weighted by Crippen LogP contribution is 2.11. The third-order valence-corrected chi connectivity index (χ3v) is 7.34. The molecular formula is C31H57NO5S. The zero-order chi connectivity index (χ0) is 28.3. The Morgan fingerprint density at radius 1 is 0.711 bits per heavy atom. The first-order valence-electron chi connectivity index (χ1n) is 15.2. The summed E-state index contributed by atoms with van der Waals surface area (Å²) in [5, 5.41) is 13.0. The second-order valence-corrected chi connectivity index (χ2v) is 11.9. The van der Waals surface area contributed by atoms with Crippen molar-refractivity contribution < 1.29 is 22.9 Å². The number of aliphatic hydroxyl groups is 1. The smallest absolute Gasteiger partial charge is 0.267 e. The van der Waals surface area contributed by atoms with Crippen molar-refractivity contribution in [2.24, 2.45) is 0 Å². The van der Waals surface area contributed by atoms with Crippen LogP contribution < -0.4 is 5.32 Å². The summed E-state index contributed by atoms with van der Waals surface area (Å²) in [6.45, 7) is 4.40. The van der Waals surface area contributed by atoms with Gasteiger partial charge in [-0.3, -0.25) is 9.35 Å². The summed E-state index contributed by atoms with van der Waals surface area (Å²) >= 11 is 0. The van der Waals surface area contributed by atoms with Crippen molar-refractivity contribution in [2.75, 3.05) is 5.75 Å². The molecule has 0 radical (unpaired) electrons. The standard InChI is InChI=1S/C31H57NO5S/c1-3-5-7-9-11-13-14-15-16-17-19-21-23-25-27-31(34)32-29(28-38(35,36)37)30(33)26-24-22-20-18-12-10-8-6-4-2/h9,11,14-15,24,26,29-30,33H,3-8,10,12-13,16-23,25,27-28H2,1-2H3,(H,32,34)(H,35,36,37)/b11-9-,15-14-,26-24+. The molecule has 3 N–H and O–H groups in total. The number of allylic oxidation sites excluding steroid dienone is 5. The molecule has 0 aromatic rings. The first kappa shape index (κ1) is 36.6. The van der Waals surface area contributed by atoms with Gasteiger partial charge in [-0.05, 0) is 44.9 Å². The van der Waals surface area contributed by atoms with Crippen LogP contribution in [0.15, 0.2) is 36.5 Å². The van der Waals surface area contributed by atoms with Gasteiger partial charge in [0.2, 0.25) is 5.91 Å². The topological polar surface area (TPSA) is 104 Å². The molecule has 1 amide bonds. The molecule has 0 aliphatic heterocycles. The summed E-state index contributed by atoms with van der Waals surface area (Å²) in [7, 11) is -4.33. The molecule has 0 aliphatic rings. The van der Waals surface area contributed by atoms with Gasteiger partial charge in [0.15, 0.2) is 0 Å². The van der Waals surface area contributed by atoms with E-state index in [1.54, 1.807) is 0 Å². The van der Waals surface area contributed by atoms with Crippen LogP contribution >= 0.6 is 0 Å². The average Bonchev–Trinajstić information content (AvgIpc) is 2.86. The van der Waals surface area contributed by atoms with Gasteiger partial charge in [-0.2, -0.15) is 8.42 Å². The van der Waals surface area contributed by atoms with Crippen molar-refractivity contribution in [2.45, 2.75) is 148 Å². The van der Waals surface area contributed by atoms with Crippen LogP contribution in [-0.2, 0) is 14.9 Å². The molecule has 0 bridgehead atoms. The van der Waals surface area contributed by atoms with Gasteiger partial charge in [0, 0.05) is 6.42 Å². The summed E-state index contributed by atoms with van der Waals surface area (Å²) in [5.41, 5.74) is 0. The molecular weight excluding hydrogens is 498 g/mol. The Morgan fingerprint density at radius 3 is 1.79 bits per heavy atom. The molecule has 0 saturated heterocycles. The lowest BCUT2D eigenvalue weighted by atomic mass is 10.1. The summed E-state index contributed by atoms with van der Waals surface area (Å²) in [6.07, 6.45) is 31.3. The number of unbranched alkanes of at least 4 members (excludes halogenated alkanes) is 14. The second-order valence-electron chi connectivity index (χ2n) is 10.4. The molecule has 0 aromatic heterocycles. The second kappa shape index (κ2) is 25.8. The molecule has 0 aromatic carbocycles. The summed E-state index contributed by atoms with van der Waals surface area (Å²) in [6, 6.07) is -1.06. The van der Waals surface area contributed by atoms with E-state index in [1.165, 1.54) is 57.4 Å². The van der Waals surface area contributed by atoms with E-state index in [0.29, 0.717) is 6.42 Å². The zero-order valence-corrected chi connectivity index (χ0v) is 25.1. The Bertz CT molecular complexity index is 745. The first-order valence-corrected chi connectivity index (χ1v) is 16.8. The highest BCUT2D eigenvalue weighted by Gasteiger charge is 2.24. The fourth-order valence-electron chi connectivity index (χ4n) is 4.23. The molecule has 0 spiro atoms. The lowest BCUT2D eigenvalue weighted by Crippen LogP contribution is -2.46. The van der Waals surface area contributed by atoms with E-state index < -0.39 is 28.0 Å². The van der Waals surface area contributed by atoms with Crippen LogP contribution in [0.5, 0.6) is 0 Å². The van der Waals surface area contributed by atoms with Gasteiger partial charge >= 0.3 is 0 Å². The first-order chi connectivity index (χ1) is 18.3. The minimum absolute atomic E-state index is 0.278. The Morgan fingerprint density at radius 2 is 1.21 bits per heavy atom. The number of hydrogen-bond donors (Lipinski definition) is 3. The van der Waals surface area contributed by atoms with Gasteiger partial charge in [0.05, 0.1) is 17.9 Å². The molecule has 222 valence electrons. The predicted octanol–water partition coefficient (Wildman–Crippen LogP) is 7.84. The van der Waals surface area contributed by atoms with E-state index in [2.05, 4.69) is 43.5 Å². The van der Waals surface area contributed by atoms with Crippen molar-refractivity contribution in [1.29, 1.82) is 0 Å². The molecule has 0 saturated carbocycles. The molecule has 0 rings (SSSR count). The van der Waals surface area contributed by atoms with Crippen molar-refractivity contribution >= 4 is 16.0 Å². The largest absolute Gasteiger partial charge is 0.387 e. The molecule has 7 heteroatoms. The molecule has 0 fully saturated rings. The van der Waals surface area contributed by atoms with E-state index in [4.69, 9.17) is 0 Å². The van der Waals surface area contributed by atoms with Crippen LogP contribution in [0.3, 0.4) is 0 Å². The maximum atomic E-state index is 12.3. The average molecular weight is 556 g/mol. The number of carbonyl (C=O) groups excluding carboxylic acids is 1. The van der Waals surface area contributed by atoms with Crippen LogP contribution in [0.4, 0.5) is 0 Å². The quantitative estimate of drug-likeness (QED) is 0.0573. The Balaban J connectivity index is 4.12. The Hall–Kier alpha value is -1.44. The summed E-state index contributed by atoms with van der Waals surface area (Å²) in [4.78, 5) is 12.3. The molecule has 2 atom stereocenters. The summed E-state index contributed by atoms with van der Waals surface area (Å²) < 4.78 is 32.1. The Labute approximate surface area is 234 Å². The monoisotopic (exact) mass is 555 g/mol. The van der Waals surface area contributed by atoms with E-state index in [1.807, 2.05) is 6.08 Å². The predicted molar refractivity (Wildman–Crippen MR) is 161 cm³/mol. The van der Waals surface area contributed by atoms with Gasteiger partial charge in [-0.25, -0.2) is 0 Å². The maximum Gasteiger partial charge on any atom is 0.267 e. The van der Waals surface area contributed by atoms with Gasteiger partial charge < -0.3 is 10.4 Å². The van der Waals surface area contributed by atoms with Gasteiger partial charge in [0.25, 0.3) is 10.1 Å². The van der Waals surface area contributed by atoms with Crippen LogP contribution in [0.2, 0.25) is 0 Å². The van der Waals surface area contributed by atoms with Crippen molar-refractivity contribution in [1.82, 2.24) is 5.32 Å². The van der Waals surface area contributed by atoms with Crippen LogP contribution in [0, 0.1) is 0 Å². The highest BCUT2D eigenvalue weighted by molar-refractivity contribution is 7.85. The fraction of sp³-hybridized carbons (Fsp3) is 0.774. The van der Waals surface area contributed by atoms with Gasteiger partial charge in [-0.15, -0.1) is 0 Å². The van der Waals surface area contributed by atoms with Gasteiger partial charge in [-0.1, -0.05) is 121 Å². The SMILES string of the molecule is CCCC/C=C\C/C=C\CCCCCCCC(=O)NC(CS(=O)(=O)O)C(O)/C=C/CCCCCCCCC. The maximum absolute atomic E-state index is 12.3. The fourth-order valence-corrected chi connectivity index (χ4v) is 4.96. The number of carbonyl (C=O) groups is 1. The normalized spacial score (nSPS) is 14.1. The van der Waals surface area contributed by atoms with E-state index in [9.17, 15) is 22.9 Å². The molecule has 6 nitrogen and oxygen atoms in total. The van der Waals surface area contributed by atoms with E-state index in [-0.39, 0.29) is 12.3 Å². The third-order valence-electron chi connectivity index (χ3n) is 6.56. The van der Waals surface area contributed by atoms with Crippen molar-refractivity contribution in [3.63, 3.8) is 0 Å². The van der Waals surface area contributed by atoms with Crippen LogP contribution in [-0.4, -0.2) is 41.9 Å². The number of aliphatic hydroxyl groups excluding tert-OH is 1. The third kappa shape index (κ3) is 26.2. The zero-order valence-electron chi connectivity index (χ0n) is 24.3. The van der Waals surface area contributed by atoms with Crippen LogP contribution in [0.25, 0.3) is 0 Å². The lowest BCUT2D eigenvalue weighted by molar-refractivity contribution is -0.122. The van der Waals surface area contributed by atoms with Crippen molar-refractivity contribution in [3.8, 4) is 0 Å². The summed E-state index contributed by atoms with van der Waals surface area (Å²) in [5.74, 6) is -1.00. The number of rotatable bonds is 26. The van der Waals surface area contributed by atoms with Crippen LogP contribution in [0.1, 0.15) is 136 Å². The minimum atomic E-state index is -4.33. The van der Waals surface area contributed by atoms with Gasteiger partial charge in [0.1, 0.15) is 0 Å². The molecule has 2 unspecified atom stereocenters. The lowest BCUT2D eigenvalue weighted by Gasteiger charge is -2.21. The number of nitrogens with one attached hydrogen (secondary N) is 1. The van der Waals surface area contributed by atoms with E-state index in [0.717, 1.165) is 57.8 Å². The highest BCUT2D eigenvalue weighted by atomic mass is 32.2. The number of hydrogen-bond acceptors (Lipinski definition) is 4.